The van der Waals surface area contributed by atoms with Gasteiger partial charge in [0.05, 0.1) is 26.4 Å². The van der Waals surface area contributed by atoms with Gasteiger partial charge in [-0.05, 0) is 69.2 Å². The molecule has 0 radical (unpaired) electrons. The van der Waals surface area contributed by atoms with Crippen molar-refractivity contribution in [2.45, 2.75) is 19.4 Å². The average molecular weight is 660 g/mol. The zero-order valence-corrected chi connectivity index (χ0v) is 23.1. The summed E-state index contributed by atoms with van der Waals surface area (Å²) in [6.07, 6.45) is 0. The number of nitrogens with one attached hydrogen (secondary N) is 1. The topological polar surface area (TPSA) is 64.6 Å². The molecule has 1 aliphatic heterocycles. The number of ether oxygens (including phenoxy) is 2. The van der Waals surface area contributed by atoms with Crippen molar-refractivity contribution in [3.05, 3.63) is 114 Å². The van der Waals surface area contributed by atoms with Gasteiger partial charge in [-0.1, -0.05) is 42.5 Å². The Hall–Kier alpha value is -2.98. The first-order valence-electron chi connectivity index (χ1n) is 11.1. The van der Waals surface area contributed by atoms with Gasteiger partial charge < -0.3 is 14.8 Å². The van der Waals surface area contributed by atoms with E-state index in [1.165, 1.54) is 13.2 Å². The summed E-state index contributed by atoms with van der Waals surface area (Å²) in [4.78, 5) is 26.5. The lowest BCUT2D eigenvalue weighted by atomic mass is 9.80. The van der Waals surface area contributed by atoms with E-state index in [9.17, 15) is 14.0 Å². The molecular weight excluding hydrogens is 640 g/mol. The largest absolute Gasteiger partial charge is 0.486 e. The van der Waals surface area contributed by atoms with Gasteiger partial charge in [0.2, 0.25) is 0 Å². The summed E-state index contributed by atoms with van der Waals surface area (Å²) in [5, 5.41) is 3.28. The lowest BCUT2D eigenvalue weighted by molar-refractivity contribution is -0.136. The number of benzene rings is 3. The fourth-order valence-corrected chi connectivity index (χ4v) is 6.46. The Morgan fingerprint density at radius 3 is 2.50 bits per heavy atom. The number of methoxy groups -OCH3 is 1. The van der Waals surface area contributed by atoms with E-state index in [-0.39, 0.29) is 18.2 Å². The molecule has 182 valence electrons. The molecule has 0 unspecified atom stereocenters. The first-order valence-corrected chi connectivity index (χ1v) is 13.0. The third kappa shape index (κ3) is 4.16. The molecule has 0 fully saturated rings. The molecule has 0 spiro atoms. The van der Waals surface area contributed by atoms with Crippen molar-refractivity contribution in [1.29, 1.82) is 0 Å². The zero-order chi connectivity index (χ0) is 25.6. The van der Waals surface area contributed by atoms with E-state index in [0.29, 0.717) is 43.9 Å². The molecule has 2 aliphatic rings. The van der Waals surface area contributed by atoms with Crippen LogP contribution in [0.25, 0.3) is 5.70 Å². The molecule has 3 aromatic carbocycles. The number of Topliss-reactive ketones (excluding diaryl/α,β-unsaturated/α-hetero) is 1. The normalized spacial score (nSPS) is 16.5. The van der Waals surface area contributed by atoms with Crippen LogP contribution in [0.2, 0.25) is 0 Å². The molecule has 8 heteroatoms. The minimum Gasteiger partial charge on any atom is -0.486 e. The van der Waals surface area contributed by atoms with Crippen LogP contribution in [0.5, 0.6) is 5.75 Å². The van der Waals surface area contributed by atoms with E-state index >= 15 is 0 Å². The molecule has 5 nitrogen and oxygen atoms in total. The molecule has 5 rings (SSSR count). The van der Waals surface area contributed by atoms with Crippen LogP contribution in [0.15, 0.2) is 82.0 Å². The quantitative estimate of drug-likeness (QED) is 0.250. The second-order valence-electron chi connectivity index (χ2n) is 8.45. The van der Waals surface area contributed by atoms with Gasteiger partial charge in [0, 0.05) is 33.9 Å². The van der Waals surface area contributed by atoms with E-state index in [1.807, 2.05) is 30.3 Å². The first kappa shape index (κ1) is 24.7. The molecule has 36 heavy (non-hydrogen) atoms. The highest BCUT2D eigenvalue weighted by atomic mass is 127. The van der Waals surface area contributed by atoms with E-state index in [0.717, 1.165) is 14.7 Å². The average Bonchev–Trinajstić information content (AvgIpc) is 3.14. The highest BCUT2D eigenvalue weighted by molar-refractivity contribution is 14.1. The van der Waals surface area contributed by atoms with E-state index in [4.69, 9.17) is 9.47 Å². The molecule has 0 bridgehead atoms. The number of fused-ring (bicyclic) bond motifs is 2. The minimum atomic E-state index is -0.640. The van der Waals surface area contributed by atoms with E-state index in [1.54, 1.807) is 31.2 Å². The van der Waals surface area contributed by atoms with Gasteiger partial charge in [-0.2, -0.15) is 0 Å². The lowest BCUT2D eigenvalue weighted by Gasteiger charge is -2.29. The highest BCUT2D eigenvalue weighted by Gasteiger charge is 2.43. The van der Waals surface area contributed by atoms with Crippen molar-refractivity contribution in [2.24, 2.45) is 0 Å². The van der Waals surface area contributed by atoms with E-state index < -0.39 is 11.9 Å². The fraction of sp³-hybridized carbons (Fsp3) is 0.143. The van der Waals surface area contributed by atoms with Gasteiger partial charge in [0.25, 0.3) is 0 Å². The van der Waals surface area contributed by atoms with Crippen molar-refractivity contribution >= 4 is 56.0 Å². The summed E-state index contributed by atoms with van der Waals surface area (Å²) in [5.74, 6) is -1.06. The number of ketones is 1. The summed E-state index contributed by atoms with van der Waals surface area (Å²) < 4.78 is 26.5. The molecule has 1 N–H and O–H groups in total. The number of rotatable bonds is 5. The number of hydrogen-bond acceptors (Lipinski definition) is 5. The summed E-state index contributed by atoms with van der Waals surface area (Å²) >= 11 is 5.74. The summed E-state index contributed by atoms with van der Waals surface area (Å²) in [7, 11) is 1.33. The summed E-state index contributed by atoms with van der Waals surface area (Å²) in [5.41, 5.74) is 4.79. The summed E-state index contributed by atoms with van der Waals surface area (Å²) in [6, 6.07) is 17.6. The maximum absolute atomic E-state index is 14.1. The lowest BCUT2D eigenvalue weighted by Crippen LogP contribution is -2.29. The molecule has 1 atom stereocenters. The predicted molar refractivity (Wildman–Crippen MR) is 146 cm³/mol. The standard InChI is InChI=1S/C28H20BrFINO4/c1-14-22(28(34)35-2)23(24-25(32-14)17-8-4-5-9-18(17)26(24)33)16-11-19(29)27(21(31)12-16)36-13-15-7-3-6-10-20(15)30/h3-12,23,32H,13H2,1-2H3/t23-/m0/s1. The van der Waals surface area contributed by atoms with Crippen LogP contribution in [0.1, 0.15) is 39.9 Å². The predicted octanol–water partition coefficient (Wildman–Crippen LogP) is 6.51. The Kier molecular flexibility index (Phi) is 6.74. The monoisotopic (exact) mass is 659 g/mol. The summed E-state index contributed by atoms with van der Waals surface area (Å²) in [6.45, 7) is 1.86. The van der Waals surface area contributed by atoms with Gasteiger partial charge in [-0.15, -0.1) is 0 Å². The third-order valence-electron chi connectivity index (χ3n) is 6.34. The minimum absolute atomic E-state index is 0.0590. The van der Waals surface area contributed by atoms with Crippen molar-refractivity contribution in [2.75, 3.05) is 7.11 Å². The number of esters is 1. The van der Waals surface area contributed by atoms with Gasteiger partial charge in [-0.25, -0.2) is 9.18 Å². The van der Waals surface area contributed by atoms with Crippen molar-refractivity contribution < 1.29 is 23.5 Å². The van der Waals surface area contributed by atoms with Gasteiger partial charge in [0.1, 0.15) is 18.2 Å². The Bertz CT molecular complexity index is 1470. The third-order valence-corrected chi connectivity index (χ3v) is 7.73. The number of allylic oxidation sites excluding steroid dienone is 2. The second-order valence-corrected chi connectivity index (χ2v) is 10.5. The molecular formula is C28H20BrFINO4. The highest BCUT2D eigenvalue weighted by Crippen LogP contribution is 2.48. The smallest absolute Gasteiger partial charge is 0.336 e. The fourth-order valence-electron chi connectivity index (χ4n) is 4.69. The van der Waals surface area contributed by atoms with Crippen LogP contribution in [-0.4, -0.2) is 18.9 Å². The Balaban J connectivity index is 1.59. The Morgan fingerprint density at radius 2 is 1.81 bits per heavy atom. The maximum atomic E-state index is 14.1. The molecule has 0 saturated heterocycles. The van der Waals surface area contributed by atoms with Crippen LogP contribution in [0, 0.1) is 9.39 Å². The van der Waals surface area contributed by atoms with Gasteiger partial charge in [0.15, 0.2) is 5.78 Å². The maximum Gasteiger partial charge on any atom is 0.336 e. The number of carbonyl (C=O) groups is 2. The van der Waals surface area contributed by atoms with Crippen molar-refractivity contribution in [3.8, 4) is 5.75 Å². The molecule has 1 heterocycles. The first-order chi connectivity index (χ1) is 17.3. The van der Waals surface area contributed by atoms with Gasteiger partial charge in [-0.3, -0.25) is 4.79 Å². The Labute approximate surface area is 229 Å². The van der Waals surface area contributed by atoms with Crippen LogP contribution in [-0.2, 0) is 16.1 Å². The van der Waals surface area contributed by atoms with Crippen molar-refractivity contribution in [1.82, 2.24) is 5.32 Å². The van der Waals surface area contributed by atoms with Crippen LogP contribution >= 0.6 is 38.5 Å². The molecule has 0 amide bonds. The second kappa shape index (κ2) is 9.82. The van der Waals surface area contributed by atoms with Crippen LogP contribution in [0.3, 0.4) is 0 Å². The van der Waals surface area contributed by atoms with Crippen LogP contribution < -0.4 is 10.1 Å². The number of dihydropyridines is 1. The van der Waals surface area contributed by atoms with Gasteiger partial charge >= 0.3 is 5.97 Å². The number of carbonyl (C=O) groups excluding carboxylic acids is 2. The van der Waals surface area contributed by atoms with Crippen molar-refractivity contribution in [3.63, 3.8) is 0 Å². The van der Waals surface area contributed by atoms with E-state index in [2.05, 4.69) is 43.8 Å². The molecule has 0 saturated carbocycles. The Morgan fingerprint density at radius 1 is 1.11 bits per heavy atom. The molecule has 1 aliphatic carbocycles. The SMILES string of the molecule is COC(=O)C1=C(C)NC2=C(C(=O)c3ccccc32)[C@H]1c1cc(Br)c(OCc2ccccc2F)c(I)c1. The molecule has 0 aromatic heterocycles. The van der Waals surface area contributed by atoms with Crippen LogP contribution in [0.4, 0.5) is 4.39 Å². The number of hydrogen-bond donors (Lipinski definition) is 1. The zero-order valence-electron chi connectivity index (χ0n) is 19.3. The number of halogens is 3. The molecule has 3 aromatic rings.